The van der Waals surface area contributed by atoms with Gasteiger partial charge in [0, 0.05) is 17.5 Å². The van der Waals surface area contributed by atoms with Crippen molar-refractivity contribution >= 4 is 22.6 Å². The number of alkyl halides is 1. The quantitative estimate of drug-likeness (QED) is 0.698. The lowest BCUT2D eigenvalue weighted by atomic mass is 10.1. The minimum atomic E-state index is -0.671. The van der Waals surface area contributed by atoms with Gasteiger partial charge < -0.3 is 4.98 Å². The Morgan fingerprint density at radius 1 is 1.11 bits per heavy atom. The van der Waals surface area contributed by atoms with E-state index in [2.05, 4.69) is 9.97 Å². The maximum absolute atomic E-state index is 13.6. The molecule has 0 fully saturated rings. The number of benzene rings is 2. The van der Waals surface area contributed by atoms with E-state index < -0.39 is 11.6 Å². The van der Waals surface area contributed by atoms with Crippen LogP contribution in [0.5, 0.6) is 0 Å². The maximum atomic E-state index is 13.6. The fourth-order valence-corrected chi connectivity index (χ4v) is 2.11. The molecule has 96 valence electrons. The highest BCUT2D eigenvalue weighted by Crippen LogP contribution is 2.23. The van der Waals surface area contributed by atoms with Crippen molar-refractivity contribution in [1.29, 1.82) is 0 Å². The number of rotatable bonds is 2. The number of H-pyrrole nitrogens is 1. The van der Waals surface area contributed by atoms with Crippen molar-refractivity contribution in [1.82, 2.24) is 9.97 Å². The summed E-state index contributed by atoms with van der Waals surface area (Å²) in [7, 11) is 0. The first-order chi connectivity index (χ1) is 9.17. The van der Waals surface area contributed by atoms with E-state index in [-0.39, 0.29) is 5.52 Å². The van der Waals surface area contributed by atoms with Crippen LogP contribution < -0.4 is 0 Å². The van der Waals surface area contributed by atoms with Crippen molar-refractivity contribution in [3.05, 3.63) is 53.6 Å². The number of aromatic nitrogens is 2. The molecule has 3 aromatic rings. The Bertz CT molecular complexity index is 735. The predicted molar refractivity (Wildman–Crippen MR) is 71.0 cm³/mol. The lowest BCUT2D eigenvalue weighted by Crippen LogP contribution is -1.82. The number of aromatic amines is 1. The first kappa shape index (κ1) is 12.1. The largest absolute Gasteiger partial charge is 0.338 e. The summed E-state index contributed by atoms with van der Waals surface area (Å²) in [5.74, 6) is -0.367. The van der Waals surface area contributed by atoms with Gasteiger partial charge in [0.25, 0.3) is 0 Å². The highest BCUT2D eigenvalue weighted by Gasteiger charge is 2.10. The summed E-state index contributed by atoms with van der Waals surface area (Å²) in [6, 6.07) is 9.46. The molecule has 2 aromatic carbocycles. The van der Waals surface area contributed by atoms with Crippen LogP contribution in [0.2, 0.25) is 0 Å². The van der Waals surface area contributed by atoms with E-state index in [9.17, 15) is 8.78 Å². The van der Waals surface area contributed by atoms with Gasteiger partial charge >= 0.3 is 0 Å². The minimum Gasteiger partial charge on any atom is -0.338 e. The zero-order chi connectivity index (χ0) is 13.4. The van der Waals surface area contributed by atoms with Gasteiger partial charge in [-0.25, -0.2) is 13.8 Å². The lowest BCUT2D eigenvalue weighted by Gasteiger charge is -1.98. The Balaban J connectivity index is 2.12. The summed E-state index contributed by atoms with van der Waals surface area (Å²) in [4.78, 5) is 7.06. The monoisotopic (exact) mass is 278 g/mol. The molecule has 5 heteroatoms. The van der Waals surface area contributed by atoms with Crippen molar-refractivity contribution in [2.45, 2.75) is 5.88 Å². The van der Waals surface area contributed by atoms with Crippen LogP contribution in [0.25, 0.3) is 22.4 Å². The molecule has 1 heterocycles. The summed E-state index contributed by atoms with van der Waals surface area (Å²) in [6.45, 7) is 0. The molecule has 3 rings (SSSR count). The average molecular weight is 279 g/mol. The second-order valence-electron chi connectivity index (χ2n) is 4.20. The second kappa shape index (κ2) is 4.63. The van der Waals surface area contributed by atoms with Crippen LogP contribution in [-0.4, -0.2) is 9.97 Å². The van der Waals surface area contributed by atoms with E-state index in [0.717, 1.165) is 17.2 Å². The van der Waals surface area contributed by atoms with Crippen LogP contribution in [0.4, 0.5) is 8.78 Å². The molecule has 19 heavy (non-hydrogen) atoms. The predicted octanol–water partition coefficient (Wildman–Crippen LogP) is 4.25. The maximum Gasteiger partial charge on any atom is 0.153 e. The van der Waals surface area contributed by atoms with Gasteiger partial charge in [0.05, 0.1) is 5.52 Å². The molecule has 1 N–H and O–H groups in total. The van der Waals surface area contributed by atoms with Gasteiger partial charge in [-0.1, -0.05) is 24.3 Å². The molecule has 0 aliphatic heterocycles. The molecule has 0 bridgehead atoms. The third-order valence-corrected chi connectivity index (χ3v) is 3.20. The normalized spacial score (nSPS) is 11.1. The van der Waals surface area contributed by atoms with Crippen LogP contribution in [0.3, 0.4) is 0 Å². The fourth-order valence-electron chi connectivity index (χ4n) is 1.93. The van der Waals surface area contributed by atoms with Crippen molar-refractivity contribution in [2.75, 3.05) is 0 Å². The summed E-state index contributed by atoms with van der Waals surface area (Å²) < 4.78 is 26.7. The summed E-state index contributed by atoms with van der Waals surface area (Å²) >= 11 is 5.71. The summed E-state index contributed by atoms with van der Waals surface area (Å²) in [6.07, 6.45) is 0. The number of hydrogen-bond donors (Lipinski definition) is 1. The lowest BCUT2D eigenvalue weighted by molar-refractivity contribution is 0.591. The van der Waals surface area contributed by atoms with E-state index in [1.165, 1.54) is 6.07 Å². The Labute approximate surface area is 113 Å². The smallest absolute Gasteiger partial charge is 0.153 e. The Hall–Kier alpha value is -1.94. The van der Waals surface area contributed by atoms with Crippen LogP contribution in [0.1, 0.15) is 5.56 Å². The van der Waals surface area contributed by atoms with Crippen LogP contribution >= 0.6 is 11.6 Å². The molecule has 0 saturated heterocycles. The number of halogens is 3. The van der Waals surface area contributed by atoms with Gasteiger partial charge in [0.2, 0.25) is 0 Å². The van der Waals surface area contributed by atoms with Gasteiger partial charge in [-0.15, -0.1) is 11.6 Å². The van der Waals surface area contributed by atoms with Gasteiger partial charge in [0.1, 0.15) is 17.2 Å². The molecular formula is C14H9ClF2N2. The Morgan fingerprint density at radius 2 is 1.84 bits per heavy atom. The third-order valence-electron chi connectivity index (χ3n) is 2.89. The standard InChI is InChI=1S/C14H9ClF2N2/c15-7-8-1-3-9(4-2-8)14-18-12-6-10(16)5-11(17)13(12)19-14/h1-6H,7H2,(H,18,19). The van der Waals surface area contributed by atoms with Crippen LogP contribution in [-0.2, 0) is 5.88 Å². The summed E-state index contributed by atoms with van der Waals surface area (Å²) in [5.41, 5.74) is 2.26. The van der Waals surface area contributed by atoms with E-state index in [1.807, 2.05) is 24.3 Å². The van der Waals surface area contributed by atoms with Crippen molar-refractivity contribution < 1.29 is 8.78 Å². The third kappa shape index (κ3) is 2.19. The molecule has 0 amide bonds. The zero-order valence-corrected chi connectivity index (χ0v) is 10.5. The molecule has 2 nitrogen and oxygen atoms in total. The van der Waals surface area contributed by atoms with E-state index in [1.54, 1.807) is 0 Å². The molecule has 0 atom stereocenters. The van der Waals surface area contributed by atoms with Crippen molar-refractivity contribution in [2.24, 2.45) is 0 Å². The van der Waals surface area contributed by atoms with E-state index in [4.69, 9.17) is 11.6 Å². The molecule has 0 aliphatic rings. The molecule has 1 aromatic heterocycles. The highest BCUT2D eigenvalue weighted by molar-refractivity contribution is 6.17. The topological polar surface area (TPSA) is 28.7 Å². The first-order valence-corrected chi connectivity index (χ1v) is 6.21. The number of hydrogen-bond acceptors (Lipinski definition) is 1. The second-order valence-corrected chi connectivity index (χ2v) is 4.47. The van der Waals surface area contributed by atoms with Gasteiger partial charge in [-0.2, -0.15) is 0 Å². The zero-order valence-electron chi connectivity index (χ0n) is 9.75. The molecule has 0 saturated carbocycles. The number of nitrogens with zero attached hydrogens (tertiary/aromatic N) is 1. The van der Waals surface area contributed by atoms with Crippen molar-refractivity contribution in [3.8, 4) is 11.4 Å². The first-order valence-electron chi connectivity index (χ1n) is 5.67. The average Bonchev–Trinajstić information content (AvgIpc) is 2.83. The molecule has 0 radical (unpaired) electrons. The Kier molecular flexibility index (Phi) is 2.95. The number of imidazole rings is 1. The Morgan fingerprint density at radius 3 is 2.53 bits per heavy atom. The van der Waals surface area contributed by atoms with Gasteiger partial charge in [-0.3, -0.25) is 0 Å². The van der Waals surface area contributed by atoms with E-state index in [0.29, 0.717) is 17.2 Å². The number of nitrogens with one attached hydrogen (secondary N) is 1. The van der Waals surface area contributed by atoms with Crippen LogP contribution in [0.15, 0.2) is 36.4 Å². The molecule has 0 spiro atoms. The van der Waals surface area contributed by atoms with Gasteiger partial charge in [-0.05, 0) is 11.6 Å². The van der Waals surface area contributed by atoms with Gasteiger partial charge in [0.15, 0.2) is 5.82 Å². The van der Waals surface area contributed by atoms with Crippen LogP contribution in [0, 0.1) is 11.6 Å². The number of fused-ring (bicyclic) bond motifs is 1. The molecule has 0 unspecified atom stereocenters. The molecular weight excluding hydrogens is 270 g/mol. The van der Waals surface area contributed by atoms with E-state index >= 15 is 0 Å². The summed E-state index contributed by atoms with van der Waals surface area (Å²) in [5, 5.41) is 0. The molecule has 0 aliphatic carbocycles. The van der Waals surface area contributed by atoms with Crippen molar-refractivity contribution in [3.63, 3.8) is 0 Å². The SMILES string of the molecule is Fc1cc(F)c2nc(-c3ccc(CCl)cc3)[nH]c2c1. The highest BCUT2D eigenvalue weighted by atomic mass is 35.5. The fraction of sp³-hybridized carbons (Fsp3) is 0.0714. The minimum absolute atomic E-state index is 0.137.